The molecule has 0 radical (unpaired) electrons. The van der Waals surface area contributed by atoms with E-state index in [0.717, 1.165) is 0 Å². The topological polar surface area (TPSA) is 26.3 Å². The standard InChI is InChI=1S/C5H8Cl2O2/c1-9-5(8)4(7)2-3-6/h4H,2-3H2,1H3. The van der Waals surface area contributed by atoms with Crippen molar-refractivity contribution in [3.8, 4) is 0 Å². The maximum absolute atomic E-state index is 10.5. The summed E-state index contributed by atoms with van der Waals surface area (Å²) in [5.41, 5.74) is 0. The molecular formula is C5H8Cl2O2. The van der Waals surface area contributed by atoms with Gasteiger partial charge in [-0.05, 0) is 6.42 Å². The Kier molecular flexibility index (Phi) is 4.91. The summed E-state index contributed by atoms with van der Waals surface area (Å²) in [6, 6.07) is 0. The first-order chi connectivity index (χ1) is 4.22. The van der Waals surface area contributed by atoms with Crippen molar-refractivity contribution >= 4 is 29.2 Å². The van der Waals surface area contributed by atoms with Gasteiger partial charge in [0, 0.05) is 5.88 Å². The molecule has 0 aromatic rings. The van der Waals surface area contributed by atoms with Gasteiger partial charge in [-0.15, -0.1) is 23.2 Å². The Hall–Kier alpha value is 0.0500. The number of alkyl halides is 2. The van der Waals surface area contributed by atoms with Gasteiger partial charge in [-0.25, -0.2) is 0 Å². The molecule has 0 aromatic heterocycles. The highest BCUT2D eigenvalue weighted by molar-refractivity contribution is 6.30. The molecule has 0 rings (SSSR count). The maximum Gasteiger partial charge on any atom is 0.323 e. The van der Waals surface area contributed by atoms with E-state index in [-0.39, 0.29) is 0 Å². The van der Waals surface area contributed by atoms with Crippen LogP contribution in [0.25, 0.3) is 0 Å². The summed E-state index contributed by atoms with van der Waals surface area (Å²) < 4.78 is 4.34. The first-order valence-corrected chi connectivity index (χ1v) is 3.47. The quantitative estimate of drug-likeness (QED) is 0.473. The zero-order valence-corrected chi connectivity index (χ0v) is 6.58. The average Bonchev–Trinajstić information content (AvgIpc) is 1.87. The highest BCUT2D eigenvalue weighted by Gasteiger charge is 2.13. The lowest BCUT2D eigenvalue weighted by molar-refractivity contribution is -0.140. The lowest BCUT2D eigenvalue weighted by atomic mass is 10.3. The van der Waals surface area contributed by atoms with Crippen LogP contribution in [0.3, 0.4) is 0 Å². The number of halogens is 2. The predicted octanol–water partition coefficient (Wildman–Crippen LogP) is 1.40. The Bertz CT molecular complexity index is 95.0. The Labute approximate surface area is 64.1 Å². The molecule has 9 heavy (non-hydrogen) atoms. The fraction of sp³-hybridized carbons (Fsp3) is 0.800. The van der Waals surface area contributed by atoms with Crippen LogP contribution < -0.4 is 0 Å². The lowest BCUT2D eigenvalue weighted by Gasteiger charge is -2.02. The van der Waals surface area contributed by atoms with Crippen molar-refractivity contribution < 1.29 is 9.53 Å². The van der Waals surface area contributed by atoms with Gasteiger partial charge in [0.05, 0.1) is 7.11 Å². The summed E-state index contributed by atoms with van der Waals surface area (Å²) in [6.07, 6.45) is 0.454. The summed E-state index contributed by atoms with van der Waals surface area (Å²) in [4.78, 5) is 10.5. The minimum Gasteiger partial charge on any atom is -0.468 e. The Morgan fingerprint density at radius 2 is 2.33 bits per heavy atom. The van der Waals surface area contributed by atoms with Gasteiger partial charge in [0.25, 0.3) is 0 Å². The van der Waals surface area contributed by atoms with Crippen molar-refractivity contribution in [1.29, 1.82) is 0 Å². The first kappa shape index (κ1) is 9.05. The summed E-state index contributed by atoms with van der Waals surface area (Å²) in [5.74, 6) is -0.0409. The second kappa shape index (κ2) is 4.89. The van der Waals surface area contributed by atoms with Crippen molar-refractivity contribution in [3.05, 3.63) is 0 Å². The second-order valence-corrected chi connectivity index (χ2v) is 2.37. The molecule has 0 N–H and O–H groups in total. The van der Waals surface area contributed by atoms with Gasteiger partial charge >= 0.3 is 5.97 Å². The third kappa shape index (κ3) is 3.60. The Balaban J connectivity index is 3.45. The van der Waals surface area contributed by atoms with Gasteiger partial charge in [-0.2, -0.15) is 0 Å². The molecule has 0 aliphatic carbocycles. The van der Waals surface area contributed by atoms with Crippen LogP contribution in [-0.4, -0.2) is 24.3 Å². The summed E-state index contributed by atoms with van der Waals surface area (Å²) in [7, 11) is 1.30. The van der Waals surface area contributed by atoms with E-state index in [1.807, 2.05) is 0 Å². The van der Waals surface area contributed by atoms with Gasteiger partial charge in [-0.3, -0.25) is 4.79 Å². The third-order valence-corrected chi connectivity index (χ3v) is 1.43. The Morgan fingerprint density at radius 1 is 1.78 bits per heavy atom. The number of ether oxygens (including phenoxy) is 1. The van der Waals surface area contributed by atoms with Crippen molar-refractivity contribution in [1.82, 2.24) is 0 Å². The van der Waals surface area contributed by atoms with E-state index in [4.69, 9.17) is 23.2 Å². The van der Waals surface area contributed by atoms with Crippen LogP contribution in [0.4, 0.5) is 0 Å². The van der Waals surface area contributed by atoms with Crippen LogP contribution in [0, 0.1) is 0 Å². The maximum atomic E-state index is 10.5. The van der Waals surface area contributed by atoms with Gasteiger partial charge < -0.3 is 4.74 Å². The van der Waals surface area contributed by atoms with E-state index in [1.165, 1.54) is 7.11 Å². The molecule has 2 nitrogen and oxygen atoms in total. The molecule has 0 aliphatic rings. The number of hydrogen-bond donors (Lipinski definition) is 0. The van der Waals surface area contributed by atoms with E-state index in [2.05, 4.69) is 4.74 Å². The smallest absolute Gasteiger partial charge is 0.323 e. The minimum atomic E-state index is -0.590. The van der Waals surface area contributed by atoms with E-state index in [9.17, 15) is 4.79 Å². The van der Waals surface area contributed by atoms with Crippen molar-refractivity contribution in [2.75, 3.05) is 13.0 Å². The lowest BCUT2D eigenvalue weighted by Crippen LogP contribution is -2.16. The molecule has 54 valence electrons. The minimum absolute atomic E-state index is 0.378. The molecule has 1 atom stereocenters. The zero-order chi connectivity index (χ0) is 7.28. The third-order valence-electron chi connectivity index (χ3n) is 0.819. The number of rotatable bonds is 3. The van der Waals surface area contributed by atoms with E-state index < -0.39 is 11.3 Å². The fourth-order valence-corrected chi connectivity index (χ4v) is 0.870. The van der Waals surface area contributed by atoms with Crippen LogP contribution in [0.5, 0.6) is 0 Å². The highest BCUT2D eigenvalue weighted by atomic mass is 35.5. The summed E-state index contributed by atoms with van der Waals surface area (Å²) >= 11 is 10.8. The molecule has 0 heterocycles. The van der Waals surface area contributed by atoms with Crippen molar-refractivity contribution in [2.24, 2.45) is 0 Å². The summed E-state index contributed by atoms with van der Waals surface area (Å²) in [5, 5.41) is -0.590. The molecule has 0 spiro atoms. The average molecular weight is 171 g/mol. The Morgan fingerprint density at radius 3 is 2.67 bits per heavy atom. The van der Waals surface area contributed by atoms with Crippen LogP contribution in [0.15, 0.2) is 0 Å². The SMILES string of the molecule is COC(=O)C(Cl)CCCl. The van der Waals surface area contributed by atoms with Crippen molar-refractivity contribution in [2.45, 2.75) is 11.8 Å². The zero-order valence-electron chi connectivity index (χ0n) is 5.06. The van der Waals surface area contributed by atoms with E-state index in [0.29, 0.717) is 12.3 Å². The molecule has 0 fully saturated rings. The number of carbonyl (C=O) groups is 1. The number of carbonyl (C=O) groups excluding carboxylic acids is 1. The van der Waals surface area contributed by atoms with Crippen LogP contribution in [-0.2, 0) is 9.53 Å². The predicted molar refractivity (Wildman–Crippen MR) is 37.0 cm³/mol. The van der Waals surface area contributed by atoms with Crippen molar-refractivity contribution in [3.63, 3.8) is 0 Å². The molecule has 0 saturated carbocycles. The second-order valence-electron chi connectivity index (χ2n) is 1.47. The van der Waals surface area contributed by atoms with E-state index in [1.54, 1.807) is 0 Å². The molecule has 0 aliphatic heterocycles. The molecule has 0 bridgehead atoms. The molecule has 0 saturated heterocycles. The van der Waals surface area contributed by atoms with Gasteiger partial charge in [0.2, 0.25) is 0 Å². The number of hydrogen-bond acceptors (Lipinski definition) is 2. The van der Waals surface area contributed by atoms with Gasteiger partial charge in [-0.1, -0.05) is 0 Å². The fourth-order valence-electron chi connectivity index (χ4n) is 0.342. The molecule has 0 aromatic carbocycles. The first-order valence-electron chi connectivity index (χ1n) is 2.50. The molecular weight excluding hydrogens is 163 g/mol. The van der Waals surface area contributed by atoms with Crippen LogP contribution in [0.1, 0.15) is 6.42 Å². The van der Waals surface area contributed by atoms with Gasteiger partial charge in [0.15, 0.2) is 0 Å². The largest absolute Gasteiger partial charge is 0.468 e. The number of esters is 1. The molecule has 1 unspecified atom stereocenters. The number of methoxy groups -OCH3 is 1. The summed E-state index contributed by atoms with van der Waals surface area (Å²) in [6.45, 7) is 0. The molecule has 0 amide bonds. The monoisotopic (exact) mass is 170 g/mol. The highest BCUT2D eigenvalue weighted by Crippen LogP contribution is 2.04. The van der Waals surface area contributed by atoms with Crippen LogP contribution >= 0.6 is 23.2 Å². The van der Waals surface area contributed by atoms with Crippen LogP contribution in [0.2, 0.25) is 0 Å². The molecule has 4 heteroatoms. The normalized spacial score (nSPS) is 12.8. The van der Waals surface area contributed by atoms with Gasteiger partial charge in [0.1, 0.15) is 5.38 Å². The van der Waals surface area contributed by atoms with E-state index >= 15 is 0 Å².